The number of carboxylic acids is 1. The van der Waals surface area contributed by atoms with E-state index in [-0.39, 0.29) is 20.0 Å². The third-order valence-corrected chi connectivity index (χ3v) is 5.50. The summed E-state index contributed by atoms with van der Waals surface area (Å²) in [5.74, 6) is -1.65. The van der Waals surface area contributed by atoms with Gasteiger partial charge in [-0.05, 0) is 11.4 Å². The highest BCUT2D eigenvalue weighted by Gasteiger charge is 2.23. The molecule has 2 aromatic rings. The van der Waals surface area contributed by atoms with E-state index in [4.69, 9.17) is 5.11 Å². The Bertz CT molecular complexity index is 794. The SMILES string of the molecule is CC(=O)Nc1nnc(S(=O)(=O)Nc2ccsc2C(=O)O)s1. The molecule has 0 aliphatic rings. The largest absolute Gasteiger partial charge is 0.477 e. The third-order valence-electron chi connectivity index (χ3n) is 2.02. The molecule has 0 saturated carbocycles. The number of nitrogens with zero attached hydrogens (tertiary/aromatic N) is 2. The van der Waals surface area contributed by atoms with Crippen LogP contribution in [0.3, 0.4) is 0 Å². The summed E-state index contributed by atoms with van der Waals surface area (Å²) >= 11 is 1.55. The summed E-state index contributed by atoms with van der Waals surface area (Å²) in [5, 5.41) is 19.7. The van der Waals surface area contributed by atoms with Crippen LogP contribution in [0.2, 0.25) is 0 Å². The van der Waals surface area contributed by atoms with E-state index in [1.54, 1.807) is 0 Å². The number of anilines is 2. The normalized spacial score (nSPS) is 11.1. The Hall–Kier alpha value is -2.05. The van der Waals surface area contributed by atoms with Gasteiger partial charge >= 0.3 is 5.97 Å². The smallest absolute Gasteiger partial charge is 0.348 e. The van der Waals surface area contributed by atoms with Crippen LogP contribution in [0.1, 0.15) is 16.6 Å². The van der Waals surface area contributed by atoms with Crippen molar-refractivity contribution in [1.82, 2.24) is 10.2 Å². The average Bonchev–Trinajstić information content (AvgIpc) is 2.96. The molecule has 12 heteroatoms. The second kappa shape index (κ2) is 5.75. The first-order chi connectivity index (χ1) is 9.79. The van der Waals surface area contributed by atoms with Crippen molar-refractivity contribution in [3.05, 3.63) is 16.3 Å². The Morgan fingerprint density at radius 3 is 2.67 bits per heavy atom. The number of amides is 1. The predicted molar refractivity (Wildman–Crippen MR) is 76.3 cm³/mol. The van der Waals surface area contributed by atoms with Crippen molar-refractivity contribution < 1.29 is 23.1 Å². The maximum absolute atomic E-state index is 12.1. The van der Waals surface area contributed by atoms with E-state index in [0.29, 0.717) is 11.3 Å². The quantitative estimate of drug-likeness (QED) is 0.687. The molecule has 9 nitrogen and oxygen atoms in total. The van der Waals surface area contributed by atoms with Crippen molar-refractivity contribution in [3.63, 3.8) is 0 Å². The highest BCUT2D eigenvalue weighted by Crippen LogP contribution is 2.27. The lowest BCUT2D eigenvalue weighted by atomic mass is 10.4. The highest BCUT2D eigenvalue weighted by molar-refractivity contribution is 7.94. The van der Waals surface area contributed by atoms with Gasteiger partial charge in [0.15, 0.2) is 0 Å². The molecule has 0 aromatic carbocycles. The predicted octanol–water partition coefficient (Wildman–Crippen LogP) is 1.06. The molecule has 0 unspecified atom stereocenters. The number of carbonyl (C=O) groups excluding carboxylic acids is 1. The number of rotatable bonds is 5. The number of hydrogen-bond acceptors (Lipinski definition) is 8. The fraction of sp³-hybridized carbons (Fsp3) is 0.111. The van der Waals surface area contributed by atoms with Gasteiger partial charge in [-0.2, -0.15) is 8.42 Å². The van der Waals surface area contributed by atoms with Crippen molar-refractivity contribution in [2.75, 3.05) is 10.0 Å². The van der Waals surface area contributed by atoms with E-state index in [1.807, 2.05) is 0 Å². The number of aromatic carboxylic acids is 1. The van der Waals surface area contributed by atoms with Gasteiger partial charge in [0, 0.05) is 6.92 Å². The monoisotopic (exact) mass is 348 g/mol. The van der Waals surface area contributed by atoms with Gasteiger partial charge in [-0.3, -0.25) is 9.52 Å². The molecule has 0 bridgehead atoms. The Labute approximate surface area is 126 Å². The second-order valence-corrected chi connectivity index (χ2v) is 7.38. The van der Waals surface area contributed by atoms with Crippen LogP contribution in [0, 0.1) is 0 Å². The lowest BCUT2D eigenvalue weighted by Crippen LogP contribution is -2.14. The van der Waals surface area contributed by atoms with Crippen LogP contribution < -0.4 is 10.0 Å². The fourth-order valence-electron chi connectivity index (χ4n) is 1.26. The van der Waals surface area contributed by atoms with Gasteiger partial charge in [0.2, 0.25) is 11.0 Å². The van der Waals surface area contributed by atoms with Crippen molar-refractivity contribution in [2.24, 2.45) is 0 Å². The van der Waals surface area contributed by atoms with Gasteiger partial charge in [-0.25, -0.2) is 4.79 Å². The first-order valence-electron chi connectivity index (χ1n) is 5.24. The maximum atomic E-state index is 12.1. The first kappa shape index (κ1) is 15.3. The van der Waals surface area contributed by atoms with E-state index in [2.05, 4.69) is 20.2 Å². The summed E-state index contributed by atoms with van der Waals surface area (Å²) in [6.45, 7) is 1.25. The molecule has 21 heavy (non-hydrogen) atoms. The molecule has 3 N–H and O–H groups in total. The molecule has 2 heterocycles. The Morgan fingerprint density at radius 1 is 1.33 bits per heavy atom. The molecule has 0 spiro atoms. The second-order valence-electron chi connectivity index (χ2n) is 3.63. The molecule has 0 atom stereocenters. The van der Waals surface area contributed by atoms with Crippen molar-refractivity contribution in [2.45, 2.75) is 11.3 Å². The molecule has 1 amide bonds. The van der Waals surface area contributed by atoms with Crippen molar-refractivity contribution in [3.8, 4) is 0 Å². The molecule has 0 radical (unpaired) electrons. The van der Waals surface area contributed by atoms with Crippen LogP contribution in [0.4, 0.5) is 10.8 Å². The molecule has 0 saturated heterocycles. The highest BCUT2D eigenvalue weighted by atomic mass is 32.2. The van der Waals surface area contributed by atoms with Crippen LogP contribution >= 0.6 is 22.7 Å². The van der Waals surface area contributed by atoms with Crippen LogP contribution in [-0.4, -0.2) is 35.6 Å². The number of thiophene rings is 1. The van der Waals surface area contributed by atoms with E-state index >= 15 is 0 Å². The lowest BCUT2D eigenvalue weighted by Gasteiger charge is -2.03. The van der Waals surface area contributed by atoms with Gasteiger partial charge in [0.25, 0.3) is 14.4 Å². The number of nitrogens with one attached hydrogen (secondary N) is 2. The minimum Gasteiger partial charge on any atom is -0.477 e. The number of hydrogen-bond donors (Lipinski definition) is 3. The van der Waals surface area contributed by atoms with Gasteiger partial charge in [-0.15, -0.1) is 21.5 Å². The zero-order valence-electron chi connectivity index (χ0n) is 10.4. The van der Waals surface area contributed by atoms with Gasteiger partial charge < -0.3 is 10.4 Å². The fourth-order valence-corrected chi connectivity index (χ4v) is 4.03. The topological polar surface area (TPSA) is 138 Å². The van der Waals surface area contributed by atoms with Gasteiger partial charge in [0.1, 0.15) is 4.88 Å². The summed E-state index contributed by atoms with van der Waals surface area (Å²) in [6.07, 6.45) is 0. The number of sulfonamides is 1. The van der Waals surface area contributed by atoms with Crippen LogP contribution in [0.5, 0.6) is 0 Å². The summed E-state index contributed by atoms with van der Waals surface area (Å²) in [7, 11) is -4.07. The molecule has 0 aliphatic heterocycles. The van der Waals surface area contributed by atoms with E-state index < -0.39 is 21.9 Å². The van der Waals surface area contributed by atoms with E-state index in [0.717, 1.165) is 11.3 Å². The van der Waals surface area contributed by atoms with Gasteiger partial charge in [-0.1, -0.05) is 11.3 Å². The lowest BCUT2D eigenvalue weighted by molar-refractivity contribution is -0.114. The van der Waals surface area contributed by atoms with Gasteiger partial charge in [0.05, 0.1) is 5.69 Å². The number of carboxylic acid groups (broad SMARTS) is 1. The Kier molecular flexibility index (Phi) is 4.20. The zero-order chi connectivity index (χ0) is 15.6. The minimum absolute atomic E-state index is 0.0339. The van der Waals surface area contributed by atoms with E-state index in [9.17, 15) is 18.0 Å². The number of aromatic nitrogens is 2. The molecule has 2 rings (SSSR count). The molecular formula is C9H8N4O5S3. The van der Waals surface area contributed by atoms with Crippen LogP contribution in [-0.2, 0) is 14.8 Å². The maximum Gasteiger partial charge on any atom is 0.348 e. The third kappa shape index (κ3) is 3.53. The molecular weight excluding hydrogens is 340 g/mol. The number of carbonyl (C=O) groups is 2. The van der Waals surface area contributed by atoms with Crippen LogP contribution in [0.15, 0.2) is 15.8 Å². The standard InChI is InChI=1S/C9H8N4O5S3/c1-4(14)10-8-11-12-9(20-8)21(17,18)13-5-2-3-19-6(5)7(15)16/h2-3,13H,1H3,(H,15,16)(H,10,11,14). The summed E-state index contributed by atoms with van der Waals surface area (Å²) < 4.78 is 25.9. The van der Waals surface area contributed by atoms with Crippen LogP contribution in [0.25, 0.3) is 0 Å². The summed E-state index contributed by atoms with van der Waals surface area (Å²) in [5.41, 5.74) is -0.0521. The minimum atomic E-state index is -4.07. The Morgan fingerprint density at radius 2 is 2.05 bits per heavy atom. The molecule has 0 aliphatic carbocycles. The molecule has 0 fully saturated rings. The van der Waals surface area contributed by atoms with E-state index in [1.165, 1.54) is 18.4 Å². The molecule has 2 aromatic heterocycles. The molecule has 112 valence electrons. The Balaban J connectivity index is 2.26. The summed E-state index contributed by atoms with van der Waals surface area (Å²) in [6, 6.07) is 1.33. The van der Waals surface area contributed by atoms with Crippen molar-refractivity contribution in [1.29, 1.82) is 0 Å². The van der Waals surface area contributed by atoms with Crippen molar-refractivity contribution >= 4 is 55.4 Å². The zero-order valence-corrected chi connectivity index (χ0v) is 12.8. The average molecular weight is 348 g/mol. The summed E-state index contributed by atoms with van der Waals surface area (Å²) in [4.78, 5) is 21.6. The first-order valence-corrected chi connectivity index (χ1v) is 8.42.